The molecule has 0 saturated carbocycles. The molecule has 0 unspecified atom stereocenters. The van der Waals surface area contributed by atoms with Crippen LogP contribution in [-0.4, -0.2) is 34.2 Å². The molecule has 162 valence electrons. The fraction of sp³-hybridized carbons (Fsp3) is 0.167. The van der Waals surface area contributed by atoms with Gasteiger partial charge in [0.05, 0.1) is 16.5 Å². The summed E-state index contributed by atoms with van der Waals surface area (Å²) in [5.41, 5.74) is 4.91. The topological polar surface area (TPSA) is 108 Å². The number of sulfonamides is 1. The highest BCUT2D eigenvalue weighted by atomic mass is 32.2. The Hall–Kier alpha value is -3.67. The van der Waals surface area contributed by atoms with E-state index in [1.165, 1.54) is 24.3 Å². The molecule has 4 rings (SSSR count). The first-order chi connectivity index (χ1) is 15.5. The molecule has 0 aromatic heterocycles. The van der Waals surface area contributed by atoms with E-state index in [1.807, 2.05) is 42.5 Å². The Morgan fingerprint density at radius 2 is 1.50 bits per heavy atom. The van der Waals surface area contributed by atoms with Gasteiger partial charge in [-0.1, -0.05) is 48.5 Å². The summed E-state index contributed by atoms with van der Waals surface area (Å²) in [4.78, 5) is 12.2. The van der Waals surface area contributed by atoms with Crippen molar-refractivity contribution < 1.29 is 17.9 Å². The lowest BCUT2D eigenvalue weighted by Crippen LogP contribution is -2.35. The van der Waals surface area contributed by atoms with Gasteiger partial charge in [-0.3, -0.25) is 0 Å². The molecule has 0 fully saturated rings. The number of carbonyl (C=O) groups is 1. The van der Waals surface area contributed by atoms with E-state index in [2.05, 4.69) is 22.2 Å². The Labute approximate surface area is 186 Å². The fourth-order valence-electron chi connectivity index (χ4n) is 3.79. The highest BCUT2D eigenvalue weighted by molar-refractivity contribution is 7.89. The van der Waals surface area contributed by atoms with Gasteiger partial charge < -0.3 is 10.1 Å². The quantitative estimate of drug-likeness (QED) is 0.540. The van der Waals surface area contributed by atoms with Crippen molar-refractivity contribution in [3.05, 3.63) is 89.5 Å². The van der Waals surface area contributed by atoms with E-state index in [-0.39, 0.29) is 30.5 Å². The number of amides is 1. The predicted octanol–water partition coefficient (Wildman–Crippen LogP) is 3.38. The van der Waals surface area contributed by atoms with E-state index < -0.39 is 16.1 Å². The number of hydrogen-bond donors (Lipinski definition) is 2. The molecule has 0 aliphatic heterocycles. The lowest BCUT2D eigenvalue weighted by Gasteiger charge is -2.14. The molecular weight excluding hydrogens is 426 g/mol. The minimum atomic E-state index is -3.73. The number of fused-ring (bicyclic) bond motifs is 3. The summed E-state index contributed by atoms with van der Waals surface area (Å²) in [5.74, 6) is -0.0389. The van der Waals surface area contributed by atoms with E-state index in [9.17, 15) is 13.2 Å². The minimum Gasteiger partial charge on any atom is -0.449 e. The van der Waals surface area contributed by atoms with Crippen LogP contribution in [0.5, 0.6) is 0 Å². The molecule has 32 heavy (non-hydrogen) atoms. The molecule has 0 saturated heterocycles. The zero-order chi connectivity index (χ0) is 22.6. The van der Waals surface area contributed by atoms with Crippen molar-refractivity contribution in [1.29, 1.82) is 5.26 Å². The number of ether oxygens (including phenoxy) is 1. The Kier molecular flexibility index (Phi) is 6.21. The van der Waals surface area contributed by atoms with Gasteiger partial charge in [-0.25, -0.2) is 17.9 Å². The molecular formula is C24H21N3O4S. The first-order valence-corrected chi connectivity index (χ1v) is 11.6. The number of nitriles is 1. The average molecular weight is 448 g/mol. The van der Waals surface area contributed by atoms with Crippen molar-refractivity contribution in [2.75, 3.05) is 19.7 Å². The number of benzene rings is 3. The summed E-state index contributed by atoms with van der Waals surface area (Å²) >= 11 is 0. The summed E-state index contributed by atoms with van der Waals surface area (Å²) in [6.45, 7) is 0.273. The summed E-state index contributed by atoms with van der Waals surface area (Å²) < 4.78 is 32.4. The molecule has 0 heterocycles. The zero-order valence-electron chi connectivity index (χ0n) is 17.1. The minimum absolute atomic E-state index is 0.00648. The molecule has 0 atom stereocenters. The highest BCUT2D eigenvalue weighted by Crippen LogP contribution is 2.44. The second-order valence-corrected chi connectivity index (χ2v) is 9.05. The number of nitrogens with one attached hydrogen (secondary N) is 2. The first-order valence-electron chi connectivity index (χ1n) is 10.1. The standard InChI is InChI=1S/C24H21N3O4S/c25-15-17-9-11-18(12-10-17)32(29,30)27-14-13-26-24(28)31-16-23-21-7-3-1-5-19(21)20-6-2-4-8-22(20)23/h1-12,23,27H,13-14,16H2,(H,26,28). The summed E-state index contributed by atoms with van der Waals surface area (Å²) in [6.07, 6.45) is -0.607. The van der Waals surface area contributed by atoms with Crippen molar-refractivity contribution >= 4 is 16.1 Å². The molecule has 8 heteroatoms. The van der Waals surface area contributed by atoms with E-state index >= 15 is 0 Å². The van der Waals surface area contributed by atoms with Gasteiger partial charge in [0.25, 0.3) is 0 Å². The molecule has 0 bridgehead atoms. The third-order valence-electron chi connectivity index (χ3n) is 5.32. The number of hydrogen-bond acceptors (Lipinski definition) is 5. The molecule has 7 nitrogen and oxygen atoms in total. The van der Waals surface area contributed by atoms with E-state index in [0.717, 1.165) is 22.3 Å². The zero-order valence-corrected chi connectivity index (χ0v) is 17.9. The molecule has 3 aromatic carbocycles. The molecule has 0 radical (unpaired) electrons. The molecule has 2 N–H and O–H groups in total. The second kappa shape index (κ2) is 9.22. The maximum atomic E-state index is 12.3. The van der Waals surface area contributed by atoms with Gasteiger partial charge in [0.1, 0.15) is 6.61 Å². The van der Waals surface area contributed by atoms with Crippen molar-refractivity contribution in [3.63, 3.8) is 0 Å². The molecule has 1 aliphatic carbocycles. The lowest BCUT2D eigenvalue weighted by molar-refractivity contribution is 0.143. The third-order valence-corrected chi connectivity index (χ3v) is 6.80. The van der Waals surface area contributed by atoms with Gasteiger partial charge in [0.2, 0.25) is 10.0 Å². The van der Waals surface area contributed by atoms with Gasteiger partial charge in [-0.2, -0.15) is 5.26 Å². The van der Waals surface area contributed by atoms with E-state index in [1.54, 1.807) is 0 Å². The fourth-order valence-corrected chi connectivity index (χ4v) is 4.82. The highest BCUT2D eigenvalue weighted by Gasteiger charge is 2.28. The van der Waals surface area contributed by atoms with Crippen LogP contribution in [0.2, 0.25) is 0 Å². The van der Waals surface area contributed by atoms with Crippen molar-refractivity contribution in [2.24, 2.45) is 0 Å². The van der Waals surface area contributed by atoms with Crippen molar-refractivity contribution in [2.45, 2.75) is 10.8 Å². The van der Waals surface area contributed by atoms with Gasteiger partial charge in [0, 0.05) is 19.0 Å². The van der Waals surface area contributed by atoms with Crippen LogP contribution in [0, 0.1) is 11.3 Å². The van der Waals surface area contributed by atoms with Crippen LogP contribution >= 0.6 is 0 Å². The van der Waals surface area contributed by atoms with Gasteiger partial charge in [0.15, 0.2) is 0 Å². The number of nitrogens with zero attached hydrogens (tertiary/aromatic N) is 1. The number of rotatable bonds is 7. The van der Waals surface area contributed by atoms with Gasteiger partial charge in [-0.15, -0.1) is 0 Å². The van der Waals surface area contributed by atoms with Gasteiger partial charge in [-0.05, 0) is 46.5 Å². The van der Waals surface area contributed by atoms with Crippen LogP contribution in [0.3, 0.4) is 0 Å². The molecule has 1 aliphatic rings. The summed E-state index contributed by atoms with van der Waals surface area (Å²) in [5, 5.41) is 11.4. The number of carbonyl (C=O) groups excluding carboxylic acids is 1. The normalized spacial score (nSPS) is 12.5. The summed E-state index contributed by atoms with van der Waals surface area (Å²) in [7, 11) is -3.73. The smallest absolute Gasteiger partial charge is 0.407 e. The van der Waals surface area contributed by atoms with Crippen LogP contribution in [0.1, 0.15) is 22.6 Å². The van der Waals surface area contributed by atoms with Crippen molar-refractivity contribution in [1.82, 2.24) is 10.0 Å². The summed E-state index contributed by atoms with van der Waals surface area (Å²) in [6, 6.07) is 23.7. The van der Waals surface area contributed by atoms with Crippen LogP contribution in [0.4, 0.5) is 4.79 Å². The SMILES string of the molecule is N#Cc1ccc(S(=O)(=O)NCCNC(=O)OCC2c3ccccc3-c3ccccc32)cc1. The molecule has 3 aromatic rings. The number of alkyl carbamates (subject to hydrolysis) is 1. The van der Waals surface area contributed by atoms with E-state index in [0.29, 0.717) is 5.56 Å². The van der Waals surface area contributed by atoms with E-state index in [4.69, 9.17) is 10.00 Å². The second-order valence-electron chi connectivity index (χ2n) is 7.29. The maximum Gasteiger partial charge on any atom is 0.407 e. The molecule has 1 amide bonds. The van der Waals surface area contributed by atoms with Crippen molar-refractivity contribution in [3.8, 4) is 17.2 Å². The maximum absolute atomic E-state index is 12.3. The predicted molar refractivity (Wildman–Crippen MR) is 119 cm³/mol. The Morgan fingerprint density at radius 1 is 0.906 bits per heavy atom. The van der Waals surface area contributed by atoms with Crippen LogP contribution in [0.25, 0.3) is 11.1 Å². The first kappa shape index (κ1) is 21.6. The Balaban J connectivity index is 1.28. The molecule has 0 spiro atoms. The van der Waals surface area contributed by atoms with Crippen LogP contribution in [0.15, 0.2) is 77.7 Å². The monoisotopic (exact) mass is 447 g/mol. The largest absolute Gasteiger partial charge is 0.449 e. The Morgan fingerprint density at radius 3 is 2.09 bits per heavy atom. The van der Waals surface area contributed by atoms with Crippen LogP contribution < -0.4 is 10.0 Å². The lowest BCUT2D eigenvalue weighted by atomic mass is 9.98. The average Bonchev–Trinajstić information content (AvgIpc) is 3.14. The van der Waals surface area contributed by atoms with Gasteiger partial charge >= 0.3 is 6.09 Å². The Bertz CT molecular complexity index is 1240. The van der Waals surface area contributed by atoms with Crippen LogP contribution in [-0.2, 0) is 14.8 Å². The third kappa shape index (κ3) is 4.49.